The third kappa shape index (κ3) is 10.5. The standard InChI is InChI=1S/C60H36BF16O4/c1-5-29-9-15-33(16-10-29)25-79-58-52(72)46(66)39(47(67)53(58)73)61(38-44(64)42(62)37(43(63)45(38)65)28-78-36-23-21-32(8-4)22-24-36,40-48(68)54(74)59(55(75)49(40)69)80-26-34-17-11-30(6-2)12-18-34)41-50(70)56(76)60(57(77)51(41)71)81-27-35-19-13-31(7-3)14-20-35/h5-24H,1-4,25-28H2/q-1. The van der Waals surface area contributed by atoms with E-state index in [0.717, 1.165) is 12.1 Å². The highest BCUT2D eigenvalue weighted by Gasteiger charge is 2.52. The van der Waals surface area contributed by atoms with E-state index in [2.05, 4.69) is 26.3 Å². The first-order valence-corrected chi connectivity index (χ1v) is 23.6. The number of hydrogen-bond acceptors (Lipinski definition) is 4. The van der Waals surface area contributed by atoms with Crippen LogP contribution in [0.3, 0.4) is 0 Å². The lowest BCUT2D eigenvalue weighted by molar-refractivity contribution is 0.262. The molecule has 416 valence electrons. The molecule has 0 spiro atoms. The summed E-state index contributed by atoms with van der Waals surface area (Å²) in [4.78, 5) is 0. The van der Waals surface area contributed by atoms with Crippen molar-refractivity contribution in [2.24, 2.45) is 0 Å². The second-order valence-electron chi connectivity index (χ2n) is 17.8. The molecule has 81 heavy (non-hydrogen) atoms. The molecule has 0 aliphatic carbocycles. The molecule has 8 rings (SSSR count). The van der Waals surface area contributed by atoms with Gasteiger partial charge in [0.2, 0.25) is 34.9 Å². The van der Waals surface area contributed by atoms with E-state index >= 15 is 70.2 Å². The maximum Gasteiger partial charge on any atom is 0.200 e. The first-order valence-electron chi connectivity index (χ1n) is 23.6. The largest absolute Gasteiger partial charge is 0.489 e. The lowest BCUT2D eigenvalue weighted by atomic mass is 9.12. The third-order valence-corrected chi connectivity index (χ3v) is 13.2. The highest BCUT2D eigenvalue weighted by molar-refractivity contribution is 7.20. The molecule has 8 aromatic rings. The van der Waals surface area contributed by atoms with E-state index in [1.165, 1.54) is 109 Å². The second-order valence-corrected chi connectivity index (χ2v) is 17.8. The van der Waals surface area contributed by atoms with Crippen LogP contribution in [0.2, 0.25) is 0 Å². The SMILES string of the molecule is C=Cc1ccc(COc2c(F)c(F)c([B-](c3c(F)c(F)c(COc4ccc(C=C)cc4)c(F)c3F)(c3c(F)c(F)c(OCc4ccc(C=C)cc4)c(F)c3F)c3c(F)c(F)c(OCc4ccc(C=C)cc4)c(F)c3F)c(F)c2F)cc1. The summed E-state index contributed by atoms with van der Waals surface area (Å²) in [6, 6.07) is 20.6. The van der Waals surface area contributed by atoms with Crippen LogP contribution in [0.5, 0.6) is 23.0 Å². The number of ether oxygens (including phenoxy) is 4. The maximum absolute atomic E-state index is 17.6. The molecule has 4 nitrogen and oxygen atoms in total. The van der Waals surface area contributed by atoms with Gasteiger partial charge in [-0.25, -0.2) is 43.9 Å². The predicted octanol–water partition coefficient (Wildman–Crippen LogP) is 14.2. The van der Waals surface area contributed by atoms with Gasteiger partial charge in [-0.15, -0.1) is 21.9 Å². The molecular formula is C60H36BF16O4-. The van der Waals surface area contributed by atoms with Crippen LogP contribution in [-0.4, -0.2) is 6.15 Å². The van der Waals surface area contributed by atoms with Gasteiger partial charge < -0.3 is 18.9 Å². The Bertz CT molecular complexity index is 3180. The third-order valence-electron chi connectivity index (χ3n) is 13.2. The van der Waals surface area contributed by atoms with Crippen LogP contribution >= 0.6 is 0 Å². The molecule has 8 aromatic carbocycles. The average molecular weight is 1140 g/mol. The van der Waals surface area contributed by atoms with Crippen LogP contribution < -0.4 is 40.8 Å². The molecule has 0 N–H and O–H groups in total. The van der Waals surface area contributed by atoms with E-state index in [0.29, 0.717) is 22.3 Å². The summed E-state index contributed by atoms with van der Waals surface area (Å²) in [5.74, 6) is -56.5. The summed E-state index contributed by atoms with van der Waals surface area (Å²) >= 11 is 0. The number of rotatable bonds is 20. The second kappa shape index (κ2) is 23.7. The van der Waals surface area contributed by atoms with Crippen molar-refractivity contribution in [2.75, 3.05) is 0 Å². The van der Waals surface area contributed by atoms with Crippen molar-refractivity contribution in [3.8, 4) is 23.0 Å². The van der Waals surface area contributed by atoms with Crippen LogP contribution in [0, 0.1) is 93.1 Å². The summed E-state index contributed by atoms with van der Waals surface area (Å²) in [6.45, 7) is 9.44. The van der Waals surface area contributed by atoms with E-state index in [1.807, 2.05) is 0 Å². The summed E-state index contributed by atoms with van der Waals surface area (Å²) in [5, 5.41) is 0. The van der Waals surface area contributed by atoms with Gasteiger partial charge in [0.15, 0.2) is 28.9 Å². The molecule has 21 heteroatoms. The summed E-state index contributed by atoms with van der Waals surface area (Å²) < 4.78 is 295. The zero-order chi connectivity index (χ0) is 58.8. The summed E-state index contributed by atoms with van der Waals surface area (Å²) in [6.07, 6.45) is -1.64. The molecule has 0 amide bonds. The van der Waals surface area contributed by atoms with E-state index in [1.54, 1.807) is 0 Å². The quantitative estimate of drug-likeness (QED) is 0.0433. The van der Waals surface area contributed by atoms with Gasteiger partial charge in [0.25, 0.3) is 0 Å². The van der Waals surface area contributed by atoms with E-state index in [9.17, 15) is 0 Å². The van der Waals surface area contributed by atoms with Crippen molar-refractivity contribution in [2.45, 2.75) is 26.4 Å². The number of hydrogen-bond donors (Lipinski definition) is 0. The Morgan fingerprint density at radius 3 is 0.728 bits per heavy atom. The topological polar surface area (TPSA) is 36.9 Å². The first kappa shape index (κ1) is 58.0. The highest BCUT2D eigenvalue weighted by atomic mass is 19.2. The number of halogens is 16. The average Bonchev–Trinajstić information content (AvgIpc) is 3.57. The van der Waals surface area contributed by atoms with Crippen molar-refractivity contribution < 1.29 is 89.2 Å². The molecule has 0 radical (unpaired) electrons. The van der Waals surface area contributed by atoms with Crippen molar-refractivity contribution in [1.82, 2.24) is 0 Å². The van der Waals surface area contributed by atoms with Gasteiger partial charge in [0.1, 0.15) is 84.9 Å². The Morgan fingerprint density at radius 1 is 0.272 bits per heavy atom. The van der Waals surface area contributed by atoms with Gasteiger partial charge in [-0.3, -0.25) is 0 Å². The molecule has 0 heterocycles. The predicted molar refractivity (Wildman–Crippen MR) is 273 cm³/mol. The van der Waals surface area contributed by atoms with Gasteiger partial charge in [-0.2, -0.15) is 26.3 Å². The van der Waals surface area contributed by atoms with Crippen molar-refractivity contribution in [3.63, 3.8) is 0 Å². The summed E-state index contributed by atoms with van der Waals surface area (Å²) in [5.41, 5.74) is -12.9. The fourth-order valence-electron chi connectivity index (χ4n) is 9.05. The molecule has 0 unspecified atom stereocenters. The molecule has 0 aliphatic heterocycles. The number of benzene rings is 8. The van der Waals surface area contributed by atoms with E-state index in [4.69, 9.17) is 18.9 Å². The molecule has 0 bridgehead atoms. The molecule has 0 saturated carbocycles. The zero-order valence-electron chi connectivity index (χ0n) is 41.5. The Kier molecular flexibility index (Phi) is 17.0. The fraction of sp³-hybridized carbons (Fsp3) is 0.0667. The van der Waals surface area contributed by atoms with Gasteiger partial charge in [-0.05, 0) is 51.1 Å². The molecular weight excluding hydrogens is 1100 g/mol. The van der Waals surface area contributed by atoms with Gasteiger partial charge in [-0.1, -0.05) is 136 Å². The van der Waals surface area contributed by atoms with E-state index in [-0.39, 0.29) is 22.4 Å². The van der Waals surface area contributed by atoms with Crippen LogP contribution in [0.15, 0.2) is 123 Å². The molecule has 0 aliphatic rings. The Hall–Kier alpha value is -9.14. The molecule has 0 saturated heterocycles. The normalized spacial score (nSPS) is 11.4. The van der Waals surface area contributed by atoms with E-state index < -0.39 is 170 Å². The van der Waals surface area contributed by atoms with Crippen LogP contribution in [-0.2, 0) is 26.4 Å². The fourth-order valence-corrected chi connectivity index (χ4v) is 9.05. The van der Waals surface area contributed by atoms with Crippen molar-refractivity contribution in [3.05, 3.63) is 261 Å². The smallest absolute Gasteiger partial charge is 0.200 e. The molecule has 0 aromatic heterocycles. The van der Waals surface area contributed by atoms with Crippen molar-refractivity contribution in [1.29, 1.82) is 0 Å². The Labute approximate surface area is 450 Å². The maximum atomic E-state index is 17.6. The lowest BCUT2D eigenvalue weighted by Gasteiger charge is -2.45. The molecule has 0 atom stereocenters. The summed E-state index contributed by atoms with van der Waals surface area (Å²) in [7, 11) is 0. The van der Waals surface area contributed by atoms with Crippen molar-refractivity contribution >= 4 is 52.3 Å². The molecule has 0 fully saturated rings. The minimum Gasteiger partial charge on any atom is -0.489 e. The van der Waals surface area contributed by atoms with Crippen LogP contribution in [0.25, 0.3) is 24.3 Å². The van der Waals surface area contributed by atoms with Crippen LogP contribution in [0.4, 0.5) is 70.2 Å². The first-order chi connectivity index (χ1) is 38.7. The van der Waals surface area contributed by atoms with Crippen LogP contribution in [0.1, 0.15) is 44.5 Å². The van der Waals surface area contributed by atoms with Gasteiger partial charge in [0, 0.05) is 0 Å². The van der Waals surface area contributed by atoms with Gasteiger partial charge >= 0.3 is 0 Å². The lowest BCUT2D eigenvalue weighted by Crippen LogP contribution is -2.81. The Morgan fingerprint density at radius 2 is 0.494 bits per heavy atom. The Balaban J connectivity index is 1.50. The van der Waals surface area contributed by atoms with Gasteiger partial charge in [0.05, 0.1) is 5.56 Å². The minimum absolute atomic E-state index is 0.0202. The zero-order valence-corrected chi connectivity index (χ0v) is 41.5. The minimum atomic E-state index is -7.06. The monoisotopic (exact) mass is 1140 g/mol. The highest BCUT2D eigenvalue weighted by Crippen LogP contribution is 2.37.